The molecule has 0 saturated carbocycles. The molecule has 9 rings (SSSR count). The van der Waals surface area contributed by atoms with Gasteiger partial charge in [0.2, 0.25) is 0 Å². The van der Waals surface area contributed by atoms with Crippen LogP contribution in [0.1, 0.15) is 26.3 Å². The van der Waals surface area contributed by atoms with E-state index in [1.165, 1.54) is 24.4 Å². The molecule has 9 aromatic rings. The molecule has 0 radical (unpaired) electrons. The molecule has 3 aromatic carbocycles. The van der Waals surface area contributed by atoms with Gasteiger partial charge in [0, 0.05) is 129 Å². The summed E-state index contributed by atoms with van der Waals surface area (Å²) in [4.78, 5) is 16.2. The lowest BCUT2D eigenvalue weighted by Crippen LogP contribution is -2.21. The maximum atomic E-state index is 13.7. The van der Waals surface area contributed by atoms with Crippen LogP contribution in [0, 0.1) is 5.82 Å². The molecule has 0 amide bonds. The first-order valence-corrected chi connectivity index (χ1v) is 20.5. The molecule has 6 heterocycles. The van der Waals surface area contributed by atoms with Gasteiger partial charge in [-0.1, -0.05) is 43.3 Å². The molecule has 0 aliphatic heterocycles. The molecule has 0 spiro atoms. The minimum atomic E-state index is -0.391. The summed E-state index contributed by atoms with van der Waals surface area (Å²) in [7, 11) is 7.14. The summed E-state index contributed by atoms with van der Waals surface area (Å²) in [6.45, 7) is 8.57. The van der Waals surface area contributed by atoms with Crippen LogP contribution >= 0.6 is 0 Å². The number of rotatable bonds is 11. The second-order valence-corrected chi connectivity index (χ2v) is 14.3. The van der Waals surface area contributed by atoms with Crippen molar-refractivity contribution in [3.8, 4) is 39.5 Å². The number of benzene rings is 3. The van der Waals surface area contributed by atoms with Gasteiger partial charge in [-0.3, -0.25) is 0 Å². The number of hydrogen-bond donors (Lipinski definition) is 3. The van der Waals surface area contributed by atoms with Gasteiger partial charge in [0.25, 0.3) is 0 Å². The van der Waals surface area contributed by atoms with Crippen LogP contribution in [-0.4, -0.2) is 69.5 Å². The van der Waals surface area contributed by atoms with Crippen LogP contribution in [0.25, 0.3) is 50.7 Å². The minimum Gasteiger partial charge on any atom is -0.494 e. The van der Waals surface area contributed by atoms with Crippen LogP contribution in [0.2, 0.25) is 0 Å². The number of halogens is 1. The number of anilines is 4. The van der Waals surface area contributed by atoms with Gasteiger partial charge >= 0.3 is 0 Å². The van der Waals surface area contributed by atoms with E-state index in [2.05, 4.69) is 117 Å². The Kier molecular flexibility index (Phi) is 13.1. The number of nitrogens with one attached hydrogen (secondary N) is 3. The highest BCUT2D eigenvalue weighted by Crippen LogP contribution is 2.27. The van der Waals surface area contributed by atoms with Crippen LogP contribution in [0.4, 0.5) is 27.1 Å². The average molecular weight is 817 g/mol. The predicted molar refractivity (Wildman–Crippen MR) is 250 cm³/mol. The fraction of sp³-hybridized carbons (Fsp3) is 0.204. The molecule has 3 N–H and O–H groups in total. The minimum absolute atomic E-state index is 0.231. The van der Waals surface area contributed by atoms with E-state index in [1.54, 1.807) is 12.1 Å². The van der Waals surface area contributed by atoms with E-state index >= 15 is 0 Å². The van der Waals surface area contributed by atoms with Crippen molar-refractivity contribution in [2.75, 3.05) is 62.2 Å². The molecule has 61 heavy (non-hydrogen) atoms. The molecule has 0 aliphatic rings. The molecule has 0 fully saturated rings. The number of nitrogens with zero attached hydrogens (tertiary/aromatic N) is 7. The Hall–Kier alpha value is -7.34. The van der Waals surface area contributed by atoms with Crippen molar-refractivity contribution >= 4 is 39.7 Å². The van der Waals surface area contributed by atoms with E-state index in [-0.39, 0.29) is 5.75 Å². The number of aromatic nitrogens is 6. The fourth-order valence-corrected chi connectivity index (χ4v) is 7.00. The summed E-state index contributed by atoms with van der Waals surface area (Å²) in [5, 5.41) is 9.33. The van der Waals surface area contributed by atoms with E-state index in [9.17, 15) is 4.39 Å². The molecular weight excluding hydrogens is 764 g/mol. The van der Waals surface area contributed by atoms with Crippen molar-refractivity contribution in [1.29, 1.82) is 0 Å². The highest BCUT2D eigenvalue weighted by molar-refractivity contribution is 5.69. The summed E-state index contributed by atoms with van der Waals surface area (Å²) < 4.78 is 24.7. The molecule has 0 saturated heterocycles. The van der Waals surface area contributed by atoms with Crippen molar-refractivity contribution in [2.45, 2.75) is 27.2 Å². The summed E-state index contributed by atoms with van der Waals surface area (Å²) >= 11 is 0. The Morgan fingerprint density at radius 2 is 0.951 bits per heavy atom. The zero-order chi connectivity index (χ0) is 42.9. The normalized spacial score (nSPS) is 10.8. The third kappa shape index (κ3) is 9.60. The fourth-order valence-electron chi connectivity index (χ4n) is 7.00. The van der Waals surface area contributed by atoms with Crippen LogP contribution < -0.4 is 25.6 Å². The first-order chi connectivity index (χ1) is 29.7. The molecule has 6 aromatic heterocycles. The topological polar surface area (TPSA) is 100 Å². The molecule has 0 atom stereocenters. The van der Waals surface area contributed by atoms with E-state index < -0.39 is 5.82 Å². The third-order valence-corrected chi connectivity index (χ3v) is 10.6. The van der Waals surface area contributed by atoms with E-state index in [0.717, 1.165) is 87.3 Å². The van der Waals surface area contributed by atoms with Gasteiger partial charge in [-0.05, 0) is 74.4 Å². The standard InChI is InChI=1S/C18H22N4.C16H17N3.C15H14FN3O/c1-4-21(5-2)16-8-6-14(7-9-16)17-13-22-11-10-15(19-3)12-18(22)20-17;1-3-12-4-6-13(7-5-12)15-11-19-9-8-14(17-2)10-16(19)18-15;1-17-11-5-6-19-9-13(18-15(19)8-11)10-3-4-14(20-2)12(16)7-10/h6-13,19H,4-5H2,1-3H3;4-11,17H,3H2,1-2H3;3-9,17H,1-2H3. The average Bonchev–Trinajstić information content (AvgIpc) is 4.06. The molecule has 11 nitrogen and oxygen atoms in total. The number of fused-ring (bicyclic) bond motifs is 3. The zero-order valence-corrected chi connectivity index (χ0v) is 35.8. The van der Waals surface area contributed by atoms with Gasteiger partial charge in [0.1, 0.15) is 16.9 Å². The maximum Gasteiger partial charge on any atom is 0.165 e. The number of hydrogen-bond acceptors (Lipinski definition) is 8. The quantitative estimate of drug-likeness (QED) is 0.119. The maximum absolute atomic E-state index is 13.7. The molecule has 12 heteroatoms. The van der Waals surface area contributed by atoms with Crippen LogP contribution in [-0.2, 0) is 6.42 Å². The summed E-state index contributed by atoms with van der Waals surface area (Å²) in [6.07, 6.45) is 13.0. The van der Waals surface area contributed by atoms with Crippen LogP contribution in [0.5, 0.6) is 5.75 Å². The van der Waals surface area contributed by atoms with Gasteiger partial charge in [-0.15, -0.1) is 0 Å². The number of pyridine rings is 3. The predicted octanol–water partition coefficient (Wildman–Crippen LogP) is 10.7. The Morgan fingerprint density at radius 3 is 1.33 bits per heavy atom. The van der Waals surface area contributed by atoms with Gasteiger partial charge in [-0.25, -0.2) is 19.3 Å². The summed E-state index contributed by atoms with van der Waals surface area (Å²) in [6, 6.07) is 34.1. The van der Waals surface area contributed by atoms with Crippen molar-refractivity contribution < 1.29 is 9.13 Å². The van der Waals surface area contributed by atoms with Gasteiger partial charge in [0.05, 0.1) is 24.2 Å². The Labute approximate surface area is 356 Å². The number of ether oxygens (including phenoxy) is 1. The Morgan fingerprint density at radius 1 is 0.541 bits per heavy atom. The monoisotopic (exact) mass is 816 g/mol. The lowest BCUT2D eigenvalue weighted by Gasteiger charge is -2.20. The number of imidazole rings is 3. The van der Waals surface area contributed by atoms with Gasteiger partial charge < -0.3 is 38.8 Å². The lowest BCUT2D eigenvalue weighted by molar-refractivity contribution is 0.386. The van der Waals surface area contributed by atoms with Crippen LogP contribution in [0.3, 0.4) is 0 Å². The van der Waals surface area contributed by atoms with Gasteiger partial charge in [-0.2, -0.15) is 0 Å². The first-order valence-electron chi connectivity index (χ1n) is 20.5. The second-order valence-electron chi connectivity index (χ2n) is 14.3. The largest absolute Gasteiger partial charge is 0.494 e. The highest BCUT2D eigenvalue weighted by atomic mass is 19.1. The number of aryl methyl sites for hydroxylation is 1. The van der Waals surface area contributed by atoms with E-state index in [1.807, 2.05) is 91.1 Å². The zero-order valence-electron chi connectivity index (χ0n) is 35.8. The van der Waals surface area contributed by atoms with Crippen molar-refractivity contribution in [1.82, 2.24) is 28.2 Å². The summed E-state index contributed by atoms with van der Waals surface area (Å²) in [5.74, 6) is -0.159. The van der Waals surface area contributed by atoms with E-state index in [0.29, 0.717) is 0 Å². The highest BCUT2D eigenvalue weighted by Gasteiger charge is 2.10. The Bertz CT molecular complexity index is 2840. The first kappa shape index (κ1) is 41.8. The van der Waals surface area contributed by atoms with Crippen molar-refractivity contribution in [3.05, 3.63) is 152 Å². The Balaban J connectivity index is 0.000000138. The van der Waals surface area contributed by atoms with E-state index in [4.69, 9.17) is 9.72 Å². The van der Waals surface area contributed by atoms with Crippen molar-refractivity contribution in [3.63, 3.8) is 0 Å². The second kappa shape index (κ2) is 19.2. The molecule has 0 aliphatic carbocycles. The molecule has 0 bridgehead atoms. The molecular formula is C49H53FN10O. The number of methoxy groups -OCH3 is 1. The molecule has 312 valence electrons. The van der Waals surface area contributed by atoms with Crippen molar-refractivity contribution in [2.24, 2.45) is 0 Å². The summed E-state index contributed by atoms with van der Waals surface area (Å²) in [5.41, 5.74) is 14.2. The lowest BCUT2D eigenvalue weighted by atomic mass is 10.1. The van der Waals surface area contributed by atoms with Gasteiger partial charge in [0.15, 0.2) is 11.6 Å². The molecule has 0 unspecified atom stereocenters. The third-order valence-electron chi connectivity index (χ3n) is 10.6. The van der Waals surface area contributed by atoms with Crippen LogP contribution in [0.15, 0.2) is 140 Å². The smallest absolute Gasteiger partial charge is 0.165 e. The SMILES string of the molecule is CCN(CC)c1ccc(-c2cn3ccc(NC)cc3n2)cc1.CCc1ccc(-c2cn3ccc(NC)cc3n2)cc1.CNc1ccn2cc(-c3ccc(OC)c(F)c3)nc2c1.